The molecule has 1 aromatic heterocycles. The van der Waals surface area contributed by atoms with Gasteiger partial charge in [-0.2, -0.15) is 4.98 Å². The Morgan fingerprint density at radius 1 is 1.45 bits per heavy atom. The van der Waals surface area contributed by atoms with Crippen LogP contribution < -0.4 is 5.32 Å². The van der Waals surface area contributed by atoms with E-state index in [1.165, 1.54) is 12.8 Å². The maximum absolute atomic E-state index is 5.32. The normalized spacial score (nSPS) is 16.1. The Morgan fingerprint density at radius 2 is 2.30 bits per heavy atom. The number of ether oxygens (including phenoxy) is 1. The number of nitrogens with zero attached hydrogens (tertiary/aromatic N) is 2. The first-order valence-electron chi connectivity index (χ1n) is 6.95. The first-order valence-corrected chi connectivity index (χ1v) is 6.95. The predicted molar refractivity (Wildman–Crippen MR) is 75.5 cm³/mol. The largest absolute Gasteiger partial charge is 0.377 e. The molecule has 1 fully saturated rings. The lowest BCUT2D eigenvalue weighted by molar-refractivity contribution is 0.119. The van der Waals surface area contributed by atoms with Crippen molar-refractivity contribution in [2.24, 2.45) is 0 Å². The third kappa shape index (κ3) is 2.99. The van der Waals surface area contributed by atoms with Crippen LogP contribution in [-0.2, 0) is 11.3 Å². The summed E-state index contributed by atoms with van der Waals surface area (Å²) in [4.78, 5) is 4.40. The molecule has 0 saturated heterocycles. The molecule has 1 aliphatic rings. The summed E-state index contributed by atoms with van der Waals surface area (Å²) in [6.45, 7) is 2.57. The molecule has 1 aromatic carbocycles. The molecule has 0 amide bonds. The Kier molecular flexibility index (Phi) is 3.69. The van der Waals surface area contributed by atoms with Crippen molar-refractivity contribution in [3.05, 3.63) is 41.5 Å². The third-order valence-corrected chi connectivity index (χ3v) is 3.58. The van der Waals surface area contributed by atoms with Crippen LogP contribution >= 0.6 is 0 Å². The topological polar surface area (TPSA) is 60.2 Å². The number of hydrogen-bond acceptors (Lipinski definition) is 5. The lowest BCUT2D eigenvalue weighted by Crippen LogP contribution is -2.02. The standard InChI is InChI=1S/C15H19N3O2/c1-10(19-2)12-4-3-5-13(8-12)16-9-14-17-15(18-20-14)11-6-7-11/h3-5,8,10-11,16H,6-7,9H2,1-2H3/t10-/m1/s1. The first kappa shape index (κ1) is 13.1. The van der Waals surface area contributed by atoms with Gasteiger partial charge in [-0.3, -0.25) is 0 Å². The number of rotatable bonds is 6. The van der Waals surface area contributed by atoms with Gasteiger partial charge in [0.2, 0.25) is 5.89 Å². The summed E-state index contributed by atoms with van der Waals surface area (Å²) in [5.74, 6) is 2.01. The van der Waals surface area contributed by atoms with E-state index in [0.29, 0.717) is 18.4 Å². The van der Waals surface area contributed by atoms with Gasteiger partial charge in [-0.25, -0.2) is 0 Å². The molecule has 1 aliphatic carbocycles. The summed E-state index contributed by atoms with van der Waals surface area (Å²) < 4.78 is 10.6. The second-order valence-corrected chi connectivity index (χ2v) is 5.18. The molecule has 0 aliphatic heterocycles. The maximum atomic E-state index is 5.32. The van der Waals surface area contributed by atoms with Crippen LogP contribution in [0.25, 0.3) is 0 Å². The lowest BCUT2D eigenvalue weighted by Gasteiger charge is -2.11. The highest BCUT2D eigenvalue weighted by atomic mass is 16.5. The van der Waals surface area contributed by atoms with Gasteiger partial charge in [0.25, 0.3) is 0 Å². The average Bonchev–Trinajstić information content (AvgIpc) is 3.23. The third-order valence-electron chi connectivity index (χ3n) is 3.58. The van der Waals surface area contributed by atoms with Crippen LogP contribution in [0.3, 0.4) is 0 Å². The molecule has 0 unspecified atom stereocenters. The minimum absolute atomic E-state index is 0.0848. The SMILES string of the molecule is CO[C@H](C)c1cccc(NCc2nc(C3CC3)no2)c1. The average molecular weight is 273 g/mol. The lowest BCUT2D eigenvalue weighted by atomic mass is 10.1. The van der Waals surface area contributed by atoms with Gasteiger partial charge < -0.3 is 14.6 Å². The molecular weight excluding hydrogens is 254 g/mol. The number of aromatic nitrogens is 2. The summed E-state index contributed by atoms with van der Waals surface area (Å²) in [6, 6.07) is 8.16. The molecule has 5 nitrogen and oxygen atoms in total. The molecule has 2 aromatic rings. The summed E-state index contributed by atoms with van der Waals surface area (Å²) in [6.07, 6.45) is 2.45. The van der Waals surface area contributed by atoms with Crippen LogP contribution in [0.1, 0.15) is 49.1 Å². The summed E-state index contributed by atoms with van der Waals surface area (Å²) in [5, 5.41) is 7.30. The highest BCUT2D eigenvalue weighted by Crippen LogP contribution is 2.38. The van der Waals surface area contributed by atoms with Crippen LogP contribution in [0.5, 0.6) is 0 Å². The van der Waals surface area contributed by atoms with Gasteiger partial charge in [-0.15, -0.1) is 0 Å². The van der Waals surface area contributed by atoms with Crippen LogP contribution in [0.4, 0.5) is 5.69 Å². The number of methoxy groups -OCH3 is 1. The zero-order chi connectivity index (χ0) is 13.9. The van der Waals surface area contributed by atoms with E-state index in [9.17, 15) is 0 Å². The van der Waals surface area contributed by atoms with E-state index in [1.807, 2.05) is 19.1 Å². The summed E-state index contributed by atoms with van der Waals surface area (Å²) in [5.41, 5.74) is 2.17. The molecule has 0 spiro atoms. The van der Waals surface area contributed by atoms with Gasteiger partial charge in [-0.1, -0.05) is 17.3 Å². The summed E-state index contributed by atoms with van der Waals surface area (Å²) in [7, 11) is 1.71. The van der Waals surface area contributed by atoms with Gasteiger partial charge in [0.05, 0.1) is 12.6 Å². The zero-order valence-electron chi connectivity index (χ0n) is 11.8. The fraction of sp³-hybridized carbons (Fsp3) is 0.467. The number of benzene rings is 1. The molecule has 0 radical (unpaired) electrons. The Bertz CT molecular complexity index is 578. The number of hydrogen-bond donors (Lipinski definition) is 1. The van der Waals surface area contributed by atoms with Crippen LogP contribution in [0.15, 0.2) is 28.8 Å². The molecule has 3 rings (SSSR count). The molecule has 1 N–H and O–H groups in total. The van der Waals surface area contributed by atoms with Crippen molar-refractivity contribution < 1.29 is 9.26 Å². The maximum Gasteiger partial charge on any atom is 0.245 e. The Morgan fingerprint density at radius 3 is 3.05 bits per heavy atom. The Hall–Kier alpha value is -1.88. The van der Waals surface area contributed by atoms with Gasteiger partial charge in [0, 0.05) is 18.7 Å². The van der Waals surface area contributed by atoms with E-state index in [1.54, 1.807) is 7.11 Å². The molecule has 20 heavy (non-hydrogen) atoms. The molecule has 1 heterocycles. The second-order valence-electron chi connectivity index (χ2n) is 5.18. The van der Waals surface area contributed by atoms with E-state index in [2.05, 4.69) is 27.6 Å². The molecule has 1 saturated carbocycles. The van der Waals surface area contributed by atoms with Crippen molar-refractivity contribution in [3.8, 4) is 0 Å². The smallest absolute Gasteiger partial charge is 0.245 e. The fourth-order valence-electron chi connectivity index (χ4n) is 2.06. The molecule has 5 heteroatoms. The van der Waals surface area contributed by atoms with Gasteiger partial charge in [0.15, 0.2) is 5.82 Å². The van der Waals surface area contributed by atoms with E-state index < -0.39 is 0 Å². The summed E-state index contributed by atoms with van der Waals surface area (Å²) >= 11 is 0. The molecule has 1 atom stereocenters. The second kappa shape index (κ2) is 5.63. The fourth-order valence-corrected chi connectivity index (χ4v) is 2.06. The monoisotopic (exact) mass is 273 g/mol. The minimum atomic E-state index is 0.0848. The van der Waals surface area contributed by atoms with E-state index in [-0.39, 0.29) is 6.10 Å². The van der Waals surface area contributed by atoms with Crippen molar-refractivity contribution in [2.45, 2.75) is 38.3 Å². The van der Waals surface area contributed by atoms with Gasteiger partial charge >= 0.3 is 0 Å². The highest BCUT2D eigenvalue weighted by molar-refractivity contribution is 5.46. The van der Waals surface area contributed by atoms with Crippen LogP contribution in [0, 0.1) is 0 Å². The van der Waals surface area contributed by atoms with E-state index >= 15 is 0 Å². The Balaban J connectivity index is 1.62. The predicted octanol–water partition coefficient (Wildman–Crippen LogP) is 3.27. The quantitative estimate of drug-likeness (QED) is 0.875. The van der Waals surface area contributed by atoms with Crippen molar-refractivity contribution in [1.29, 1.82) is 0 Å². The number of nitrogens with one attached hydrogen (secondary N) is 1. The molecular formula is C15H19N3O2. The van der Waals surface area contributed by atoms with Crippen molar-refractivity contribution >= 4 is 5.69 Å². The zero-order valence-corrected chi connectivity index (χ0v) is 11.8. The Labute approximate surface area is 118 Å². The van der Waals surface area contributed by atoms with E-state index in [0.717, 1.165) is 17.1 Å². The van der Waals surface area contributed by atoms with Gasteiger partial charge in [0.1, 0.15) is 0 Å². The minimum Gasteiger partial charge on any atom is -0.377 e. The van der Waals surface area contributed by atoms with Crippen LogP contribution in [-0.4, -0.2) is 17.3 Å². The van der Waals surface area contributed by atoms with Gasteiger partial charge in [-0.05, 0) is 37.5 Å². The first-order chi connectivity index (χ1) is 9.76. The van der Waals surface area contributed by atoms with Crippen molar-refractivity contribution in [1.82, 2.24) is 10.1 Å². The molecule has 106 valence electrons. The molecule has 0 bridgehead atoms. The number of anilines is 1. The van der Waals surface area contributed by atoms with E-state index in [4.69, 9.17) is 9.26 Å². The van der Waals surface area contributed by atoms with Crippen molar-refractivity contribution in [2.75, 3.05) is 12.4 Å². The van der Waals surface area contributed by atoms with Crippen molar-refractivity contribution in [3.63, 3.8) is 0 Å². The van der Waals surface area contributed by atoms with Crippen LogP contribution in [0.2, 0.25) is 0 Å². The highest BCUT2D eigenvalue weighted by Gasteiger charge is 2.28.